The van der Waals surface area contributed by atoms with Crippen molar-refractivity contribution in [3.63, 3.8) is 0 Å². The van der Waals surface area contributed by atoms with Crippen molar-refractivity contribution in [1.29, 1.82) is 0 Å². The van der Waals surface area contributed by atoms with Crippen LogP contribution >= 0.6 is 11.8 Å². The Balaban J connectivity index is 2.05. The minimum atomic E-state index is -0.233. The van der Waals surface area contributed by atoms with Crippen LogP contribution < -0.4 is 5.73 Å². The van der Waals surface area contributed by atoms with E-state index in [0.29, 0.717) is 10.9 Å². The molecule has 0 amide bonds. The predicted molar refractivity (Wildman–Crippen MR) is 60.5 cm³/mol. The predicted octanol–water partition coefficient (Wildman–Crippen LogP) is 2.68. The molecule has 2 rings (SSSR count). The van der Waals surface area contributed by atoms with E-state index in [-0.39, 0.29) is 5.82 Å². The molecule has 82 valence electrons. The fraction of sp³-hybridized carbons (Fsp3) is 0.455. The first-order chi connectivity index (χ1) is 7.25. The van der Waals surface area contributed by atoms with E-state index >= 15 is 0 Å². The molecule has 0 aliphatic carbocycles. The standard InChI is InChI=1S/C11H14FNOS/c12-8-3-4-10(13)11(6-8)15-9-2-1-5-14-7-9/h3-4,6,9H,1-2,5,7,13H2. The van der Waals surface area contributed by atoms with Crippen LogP contribution in [-0.4, -0.2) is 18.5 Å². The van der Waals surface area contributed by atoms with Crippen molar-refractivity contribution < 1.29 is 9.13 Å². The van der Waals surface area contributed by atoms with Crippen molar-refractivity contribution >= 4 is 17.4 Å². The number of hydrogen-bond donors (Lipinski definition) is 1. The normalized spacial score (nSPS) is 21.5. The molecular formula is C11H14FNOS. The molecule has 2 N–H and O–H groups in total. The first kappa shape index (κ1) is 10.8. The molecular weight excluding hydrogens is 213 g/mol. The third kappa shape index (κ3) is 2.86. The molecule has 0 spiro atoms. The molecule has 0 saturated carbocycles. The molecule has 1 saturated heterocycles. The first-order valence-electron chi connectivity index (χ1n) is 5.05. The Morgan fingerprint density at radius 1 is 1.47 bits per heavy atom. The lowest BCUT2D eigenvalue weighted by Gasteiger charge is -2.21. The van der Waals surface area contributed by atoms with Gasteiger partial charge in [-0.3, -0.25) is 0 Å². The van der Waals surface area contributed by atoms with Crippen molar-refractivity contribution in [1.82, 2.24) is 0 Å². The molecule has 4 heteroatoms. The van der Waals surface area contributed by atoms with Crippen LogP contribution in [0.25, 0.3) is 0 Å². The Labute approximate surface area is 93.0 Å². The third-order valence-electron chi connectivity index (χ3n) is 2.39. The molecule has 1 aromatic carbocycles. The second kappa shape index (κ2) is 4.86. The molecule has 0 radical (unpaired) electrons. The lowest BCUT2D eigenvalue weighted by Crippen LogP contribution is -2.19. The molecule has 1 fully saturated rings. The highest BCUT2D eigenvalue weighted by Crippen LogP contribution is 2.32. The number of benzene rings is 1. The fourth-order valence-electron chi connectivity index (χ4n) is 1.59. The molecule has 2 nitrogen and oxygen atoms in total. The maximum atomic E-state index is 13.0. The molecule has 15 heavy (non-hydrogen) atoms. The highest BCUT2D eigenvalue weighted by atomic mass is 32.2. The van der Waals surface area contributed by atoms with Gasteiger partial charge in [0, 0.05) is 22.4 Å². The maximum Gasteiger partial charge on any atom is 0.124 e. The van der Waals surface area contributed by atoms with Gasteiger partial charge in [-0.05, 0) is 31.0 Å². The van der Waals surface area contributed by atoms with Gasteiger partial charge in [-0.25, -0.2) is 4.39 Å². The molecule has 0 bridgehead atoms. The topological polar surface area (TPSA) is 35.2 Å². The summed E-state index contributed by atoms with van der Waals surface area (Å²) in [6, 6.07) is 4.49. The molecule has 0 aromatic heterocycles. The van der Waals surface area contributed by atoms with Crippen molar-refractivity contribution in [2.24, 2.45) is 0 Å². The summed E-state index contributed by atoms with van der Waals surface area (Å²) in [6.45, 7) is 1.58. The van der Waals surface area contributed by atoms with Crippen molar-refractivity contribution in [2.75, 3.05) is 18.9 Å². The van der Waals surface area contributed by atoms with E-state index in [0.717, 1.165) is 31.0 Å². The van der Waals surface area contributed by atoms with Crippen LogP contribution in [0.2, 0.25) is 0 Å². The summed E-state index contributed by atoms with van der Waals surface area (Å²) in [5.41, 5.74) is 6.42. The monoisotopic (exact) mass is 227 g/mol. The van der Waals surface area contributed by atoms with Gasteiger partial charge in [0.05, 0.1) is 6.61 Å². The maximum absolute atomic E-state index is 13.0. The number of nitrogens with two attached hydrogens (primary N) is 1. The van der Waals surface area contributed by atoms with Gasteiger partial charge in [0.2, 0.25) is 0 Å². The lowest BCUT2D eigenvalue weighted by atomic mass is 10.2. The zero-order valence-corrected chi connectivity index (χ0v) is 9.23. The van der Waals surface area contributed by atoms with Gasteiger partial charge >= 0.3 is 0 Å². The molecule has 1 heterocycles. The highest BCUT2D eigenvalue weighted by molar-refractivity contribution is 8.00. The van der Waals surface area contributed by atoms with Crippen LogP contribution in [0, 0.1) is 5.82 Å². The highest BCUT2D eigenvalue weighted by Gasteiger charge is 2.16. The van der Waals surface area contributed by atoms with Gasteiger partial charge in [-0.1, -0.05) is 0 Å². The fourth-order valence-corrected chi connectivity index (χ4v) is 2.79. The molecule has 1 aliphatic rings. The molecule has 1 aliphatic heterocycles. The van der Waals surface area contributed by atoms with Crippen LogP contribution in [0.15, 0.2) is 23.1 Å². The van der Waals surface area contributed by atoms with Crippen LogP contribution in [0.3, 0.4) is 0 Å². The largest absolute Gasteiger partial charge is 0.398 e. The minimum absolute atomic E-state index is 0.233. The Kier molecular flexibility index (Phi) is 3.49. The average Bonchev–Trinajstić information content (AvgIpc) is 2.25. The Bertz CT molecular complexity index is 339. The van der Waals surface area contributed by atoms with E-state index in [2.05, 4.69) is 0 Å². The van der Waals surface area contributed by atoms with Crippen molar-refractivity contribution in [3.05, 3.63) is 24.0 Å². The Morgan fingerprint density at radius 3 is 3.07 bits per heavy atom. The van der Waals surface area contributed by atoms with E-state index in [1.807, 2.05) is 0 Å². The van der Waals surface area contributed by atoms with Gasteiger partial charge < -0.3 is 10.5 Å². The minimum Gasteiger partial charge on any atom is -0.398 e. The third-order valence-corrected chi connectivity index (χ3v) is 3.70. The average molecular weight is 227 g/mol. The molecule has 1 aromatic rings. The van der Waals surface area contributed by atoms with Gasteiger partial charge in [0.1, 0.15) is 5.82 Å². The number of nitrogen functional groups attached to an aromatic ring is 1. The summed E-state index contributed by atoms with van der Waals surface area (Å²) < 4.78 is 18.4. The number of hydrogen-bond acceptors (Lipinski definition) is 3. The van der Waals surface area contributed by atoms with E-state index in [1.165, 1.54) is 12.1 Å². The number of ether oxygens (including phenoxy) is 1. The summed E-state index contributed by atoms with van der Waals surface area (Å²) in [6.07, 6.45) is 2.19. The van der Waals surface area contributed by atoms with Crippen LogP contribution in [0.4, 0.5) is 10.1 Å². The summed E-state index contributed by atoms with van der Waals surface area (Å²) >= 11 is 1.62. The van der Waals surface area contributed by atoms with Crippen LogP contribution in [0.5, 0.6) is 0 Å². The van der Waals surface area contributed by atoms with Gasteiger partial charge in [-0.2, -0.15) is 0 Å². The smallest absolute Gasteiger partial charge is 0.124 e. The quantitative estimate of drug-likeness (QED) is 0.789. The Morgan fingerprint density at radius 2 is 2.33 bits per heavy atom. The summed E-state index contributed by atoms with van der Waals surface area (Å²) in [5, 5.41) is 0.405. The van der Waals surface area contributed by atoms with Gasteiger partial charge in [-0.15, -0.1) is 11.8 Å². The van der Waals surface area contributed by atoms with Crippen molar-refractivity contribution in [2.45, 2.75) is 23.0 Å². The number of rotatable bonds is 2. The van der Waals surface area contributed by atoms with E-state index in [9.17, 15) is 4.39 Å². The van der Waals surface area contributed by atoms with E-state index < -0.39 is 0 Å². The van der Waals surface area contributed by atoms with Crippen LogP contribution in [-0.2, 0) is 4.74 Å². The SMILES string of the molecule is Nc1ccc(F)cc1SC1CCCOC1. The van der Waals surface area contributed by atoms with Crippen molar-refractivity contribution in [3.8, 4) is 0 Å². The summed E-state index contributed by atoms with van der Waals surface area (Å²) in [7, 11) is 0. The van der Waals surface area contributed by atoms with Crippen LogP contribution in [0.1, 0.15) is 12.8 Å². The number of anilines is 1. The Hall–Kier alpha value is -0.740. The van der Waals surface area contributed by atoms with E-state index in [1.54, 1.807) is 17.8 Å². The zero-order chi connectivity index (χ0) is 10.7. The van der Waals surface area contributed by atoms with Gasteiger partial charge in [0.15, 0.2) is 0 Å². The second-order valence-electron chi connectivity index (χ2n) is 3.64. The first-order valence-corrected chi connectivity index (χ1v) is 5.93. The summed E-state index contributed by atoms with van der Waals surface area (Å²) in [5.74, 6) is -0.233. The second-order valence-corrected chi connectivity index (χ2v) is 4.98. The zero-order valence-electron chi connectivity index (χ0n) is 8.41. The van der Waals surface area contributed by atoms with Gasteiger partial charge in [0.25, 0.3) is 0 Å². The molecule has 1 atom stereocenters. The number of halogens is 1. The molecule has 1 unspecified atom stereocenters. The summed E-state index contributed by atoms with van der Waals surface area (Å²) in [4.78, 5) is 0.825. The number of thioether (sulfide) groups is 1. The lowest BCUT2D eigenvalue weighted by molar-refractivity contribution is 0.101. The van der Waals surface area contributed by atoms with E-state index in [4.69, 9.17) is 10.5 Å².